The summed E-state index contributed by atoms with van der Waals surface area (Å²) in [4.78, 5) is 0. The summed E-state index contributed by atoms with van der Waals surface area (Å²) in [7, 11) is 3.35. The fourth-order valence-electron chi connectivity index (χ4n) is 2.57. The highest BCUT2D eigenvalue weighted by atomic mass is 16.5. The van der Waals surface area contributed by atoms with E-state index >= 15 is 0 Å². The highest BCUT2D eigenvalue weighted by molar-refractivity contribution is 5.18. The molecule has 0 atom stereocenters. The zero-order valence-electron chi connectivity index (χ0n) is 13.3. The van der Waals surface area contributed by atoms with Gasteiger partial charge in [-0.05, 0) is 12.1 Å². The molecule has 0 N–H and O–H groups in total. The normalized spacial score (nSPS) is 10.6. The maximum absolute atomic E-state index is 5.25. The van der Waals surface area contributed by atoms with Crippen molar-refractivity contribution in [1.29, 1.82) is 0 Å². The number of hydrogen-bond donors (Lipinski definition) is 0. The Morgan fingerprint density at radius 3 is 1.48 bits per heavy atom. The molecule has 116 valence electrons. The second-order valence-electron chi connectivity index (χ2n) is 5.15. The highest BCUT2D eigenvalue weighted by Gasteiger charge is 2.29. The van der Waals surface area contributed by atoms with Gasteiger partial charge in [-0.2, -0.15) is 0 Å². The van der Waals surface area contributed by atoms with Crippen LogP contribution in [-0.2, 0) is 0 Å². The maximum atomic E-state index is 5.25. The number of methoxy groups -OCH3 is 2. The highest BCUT2D eigenvalue weighted by Crippen LogP contribution is 2.13. The van der Waals surface area contributed by atoms with Crippen LogP contribution < -0.4 is 18.6 Å². The molecular weight excluding hydrogens is 288 g/mol. The topological polar surface area (TPSA) is 26.2 Å². The molecule has 0 radical (unpaired) electrons. The zero-order chi connectivity index (χ0) is 16.1. The minimum atomic E-state index is 0.0213. The van der Waals surface area contributed by atoms with Gasteiger partial charge in [-0.15, -0.1) is 9.13 Å². The summed E-state index contributed by atoms with van der Waals surface area (Å²) in [6, 6.07) is 18.2. The third-order valence-corrected chi connectivity index (χ3v) is 3.78. The van der Waals surface area contributed by atoms with Crippen LogP contribution in [-0.4, -0.2) is 14.2 Å². The maximum Gasteiger partial charge on any atom is 0.379 e. The molecule has 0 amide bonds. The van der Waals surface area contributed by atoms with Gasteiger partial charge in [0.1, 0.15) is 11.5 Å². The quantitative estimate of drug-likeness (QED) is 0.677. The summed E-state index contributed by atoms with van der Waals surface area (Å²) < 4.78 is 14.8. The molecule has 2 aromatic heterocycles. The van der Waals surface area contributed by atoms with Crippen molar-refractivity contribution < 1.29 is 18.6 Å². The Balaban J connectivity index is 2.05. The van der Waals surface area contributed by atoms with Crippen molar-refractivity contribution in [1.82, 2.24) is 0 Å². The number of aromatic nitrogens is 2. The molecule has 4 heteroatoms. The van der Waals surface area contributed by atoms with Crippen LogP contribution in [0.1, 0.15) is 11.7 Å². The molecular formula is C19H20N2O2+2. The number of pyridine rings is 2. The first-order chi connectivity index (χ1) is 11.3. The molecule has 0 aliphatic rings. The third-order valence-electron chi connectivity index (χ3n) is 3.78. The minimum absolute atomic E-state index is 0.0213. The van der Waals surface area contributed by atoms with Crippen LogP contribution in [0.5, 0.6) is 11.5 Å². The van der Waals surface area contributed by atoms with Crippen LogP contribution in [0.15, 0.2) is 79.4 Å². The largest absolute Gasteiger partial charge is 0.496 e. The summed E-state index contributed by atoms with van der Waals surface area (Å²) >= 11 is 0. The van der Waals surface area contributed by atoms with Crippen LogP contribution in [0.2, 0.25) is 0 Å². The first-order valence-electron chi connectivity index (χ1n) is 7.46. The molecule has 2 heterocycles. The monoisotopic (exact) mass is 308 g/mol. The molecule has 3 rings (SSSR count). The molecule has 0 aliphatic heterocycles. The zero-order valence-corrected chi connectivity index (χ0v) is 13.3. The Labute approximate surface area is 136 Å². The van der Waals surface area contributed by atoms with E-state index in [0.29, 0.717) is 0 Å². The fraction of sp³-hybridized carbons (Fsp3) is 0.158. The number of hydrogen-bond acceptors (Lipinski definition) is 2. The van der Waals surface area contributed by atoms with E-state index in [2.05, 4.69) is 33.4 Å². The molecule has 0 bridgehead atoms. The Bertz CT molecular complexity index is 693. The van der Waals surface area contributed by atoms with Gasteiger partial charge in [-0.1, -0.05) is 18.2 Å². The van der Waals surface area contributed by atoms with Gasteiger partial charge in [0.15, 0.2) is 24.8 Å². The van der Waals surface area contributed by atoms with Gasteiger partial charge in [0.2, 0.25) is 0 Å². The summed E-state index contributed by atoms with van der Waals surface area (Å²) in [6.07, 6.45) is 8.11. The first-order valence-corrected chi connectivity index (χ1v) is 7.46. The van der Waals surface area contributed by atoms with Crippen molar-refractivity contribution >= 4 is 0 Å². The SMILES string of the molecule is COc1cc[n+](C(c2ccccc2)[n+]2ccc(OC)cc2)cc1. The summed E-state index contributed by atoms with van der Waals surface area (Å²) in [5.41, 5.74) is 1.19. The molecule has 23 heavy (non-hydrogen) atoms. The molecule has 0 unspecified atom stereocenters. The van der Waals surface area contributed by atoms with Gasteiger partial charge in [0, 0.05) is 24.3 Å². The van der Waals surface area contributed by atoms with Crippen LogP contribution in [0.25, 0.3) is 0 Å². The summed E-state index contributed by atoms with van der Waals surface area (Å²) in [6.45, 7) is 0. The van der Waals surface area contributed by atoms with Crippen LogP contribution in [0.3, 0.4) is 0 Å². The van der Waals surface area contributed by atoms with Crippen LogP contribution in [0.4, 0.5) is 0 Å². The van der Waals surface area contributed by atoms with Crippen LogP contribution >= 0.6 is 0 Å². The average Bonchev–Trinajstić information content (AvgIpc) is 2.64. The lowest BCUT2D eigenvalue weighted by Gasteiger charge is -2.09. The van der Waals surface area contributed by atoms with Crippen molar-refractivity contribution in [2.75, 3.05) is 14.2 Å². The lowest BCUT2D eigenvalue weighted by Crippen LogP contribution is -2.57. The van der Waals surface area contributed by atoms with Gasteiger partial charge in [-0.25, -0.2) is 0 Å². The van der Waals surface area contributed by atoms with Gasteiger partial charge < -0.3 is 9.47 Å². The van der Waals surface area contributed by atoms with E-state index in [1.807, 2.05) is 55.1 Å². The average molecular weight is 308 g/mol. The van der Waals surface area contributed by atoms with Crippen molar-refractivity contribution in [3.05, 3.63) is 84.9 Å². The Hall–Kier alpha value is -2.88. The van der Waals surface area contributed by atoms with E-state index < -0.39 is 0 Å². The van der Waals surface area contributed by atoms with Crippen molar-refractivity contribution in [3.8, 4) is 11.5 Å². The van der Waals surface area contributed by atoms with E-state index in [-0.39, 0.29) is 6.17 Å². The summed E-state index contributed by atoms with van der Waals surface area (Å²) in [5.74, 6) is 1.68. The smallest absolute Gasteiger partial charge is 0.379 e. The number of rotatable bonds is 5. The van der Waals surface area contributed by atoms with E-state index in [1.165, 1.54) is 5.56 Å². The minimum Gasteiger partial charge on any atom is -0.496 e. The lowest BCUT2D eigenvalue weighted by molar-refractivity contribution is -0.934. The molecule has 4 nitrogen and oxygen atoms in total. The number of benzene rings is 1. The predicted octanol–water partition coefficient (Wildman–Crippen LogP) is 2.37. The molecule has 0 saturated carbocycles. The van der Waals surface area contributed by atoms with Gasteiger partial charge in [-0.3, -0.25) is 0 Å². The Morgan fingerprint density at radius 2 is 1.09 bits per heavy atom. The fourth-order valence-corrected chi connectivity index (χ4v) is 2.57. The van der Waals surface area contributed by atoms with Gasteiger partial charge in [0.05, 0.1) is 19.8 Å². The van der Waals surface area contributed by atoms with Crippen molar-refractivity contribution in [2.24, 2.45) is 0 Å². The van der Waals surface area contributed by atoms with Crippen molar-refractivity contribution in [2.45, 2.75) is 6.17 Å². The first kappa shape index (κ1) is 15.0. The van der Waals surface area contributed by atoms with Crippen LogP contribution in [0, 0.1) is 0 Å². The third kappa shape index (κ3) is 3.31. The Morgan fingerprint density at radius 1 is 0.652 bits per heavy atom. The second-order valence-corrected chi connectivity index (χ2v) is 5.15. The molecule has 0 aliphatic carbocycles. The molecule has 1 aromatic carbocycles. The van der Waals surface area contributed by atoms with E-state index in [0.717, 1.165) is 11.5 Å². The van der Waals surface area contributed by atoms with E-state index in [4.69, 9.17) is 9.47 Å². The van der Waals surface area contributed by atoms with Gasteiger partial charge in [0.25, 0.3) is 0 Å². The van der Waals surface area contributed by atoms with E-state index in [9.17, 15) is 0 Å². The number of ether oxygens (including phenoxy) is 2. The molecule has 0 spiro atoms. The van der Waals surface area contributed by atoms with Gasteiger partial charge >= 0.3 is 6.17 Å². The molecule has 0 saturated heterocycles. The Kier molecular flexibility index (Phi) is 4.52. The predicted molar refractivity (Wildman–Crippen MR) is 86.4 cm³/mol. The number of nitrogens with zero attached hydrogens (tertiary/aromatic N) is 2. The summed E-state index contributed by atoms with van der Waals surface area (Å²) in [5, 5.41) is 0. The van der Waals surface area contributed by atoms with E-state index in [1.54, 1.807) is 14.2 Å². The lowest BCUT2D eigenvalue weighted by atomic mass is 10.1. The second kappa shape index (κ2) is 6.92. The molecule has 0 fully saturated rings. The standard InChI is InChI=1S/C19H20N2O2/c1-22-17-8-12-20(13-9-17)19(16-6-4-3-5-7-16)21-14-10-18(23-2)11-15-21/h3-15,19H,1-2H3/q+2. The van der Waals surface area contributed by atoms with Crippen molar-refractivity contribution in [3.63, 3.8) is 0 Å². The molecule has 3 aromatic rings.